The first-order valence-corrected chi connectivity index (χ1v) is 16.1. The molecule has 1 aliphatic heterocycles. The number of benzene rings is 4. The van der Waals surface area contributed by atoms with Crippen LogP contribution < -0.4 is 29.7 Å². The Labute approximate surface area is 272 Å². The van der Waals surface area contributed by atoms with E-state index < -0.39 is 6.04 Å². The fourth-order valence-corrected chi connectivity index (χ4v) is 6.43. The van der Waals surface area contributed by atoms with E-state index in [-0.39, 0.29) is 11.5 Å². The van der Waals surface area contributed by atoms with E-state index in [4.69, 9.17) is 14.5 Å². The summed E-state index contributed by atoms with van der Waals surface area (Å²) in [6, 6.07) is 31.7. The first-order valence-electron chi connectivity index (χ1n) is 14.5. The number of carbonyl (C=O) groups is 1. The van der Waals surface area contributed by atoms with Crippen LogP contribution in [0.4, 0.5) is 5.69 Å². The number of allylic oxidation sites excluding steroid dienone is 1. The number of rotatable bonds is 9. The summed E-state index contributed by atoms with van der Waals surface area (Å²) in [4.78, 5) is 33.1. The quantitative estimate of drug-likeness (QED) is 0.190. The van der Waals surface area contributed by atoms with Crippen molar-refractivity contribution in [2.24, 2.45) is 4.99 Å². The average molecular weight is 681 g/mol. The Bertz CT molecular complexity index is 2030. The zero-order chi connectivity index (χ0) is 31.3. The summed E-state index contributed by atoms with van der Waals surface area (Å²) in [5.41, 5.74) is 4.12. The van der Waals surface area contributed by atoms with Gasteiger partial charge in [0.05, 0.1) is 28.5 Å². The van der Waals surface area contributed by atoms with Crippen LogP contribution in [-0.2, 0) is 11.4 Å². The van der Waals surface area contributed by atoms with Gasteiger partial charge in [-0.3, -0.25) is 14.2 Å². The molecule has 0 saturated heterocycles. The van der Waals surface area contributed by atoms with Crippen molar-refractivity contribution in [3.8, 4) is 11.5 Å². The van der Waals surface area contributed by atoms with Crippen molar-refractivity contribution in [3.63, 3.8) is 0 Å². The van der Waals surface area contributed by atoms with Crippen molar-refractivity contribution in [3.05, 3.63) is 155 Å². The van der Waals surface area contributed by atoms with Crippen LogP contribution in [0.2, 0.25) is 0 Å². The summed E-state index contributed by atoms with van der Waals surface area (Å²) in [5.74, 6) is 1.14. The molecule has 45 heavy (non-hydrogen) atoms. The summed E-state index contributed by atoms with van der Waals surface area (Å²) in [5, 5.41) is 2.98. The molecule has 6 rings (SSSR count). The van der Waals surface area contributed by atoms with Gasteiger partial charge in [0.2, 0.25) is 0 Å². The molecule has 5 aromatic rings. The topological polar surface area (TPSA) is 81.9 Å². The van der Waals surface area contributed by atoms with E-state index in [0.29, 0.717) is 45.3 Å². The van der Waals surface area contributed by atoms with E-state index in [2.05, 4.69) is 21.2 Å². The lowest BCUT2D eigenvalue weighted by atomic mass is 9.95. The number of nitrogens with zero attached hydrogens (tertiary/aromatic N) is 2. The molecule has 0 spiro atoms. The van der Waals surface area contributed by atoms with Gasteiger partial charge in [-0.05, 0) is 85.1 Å². The molecule has 1 aliphatic rings. The van der Waals surface area contributed by atoms with Gasteiger partial charge in [0.15, 0.2) is 4.80 Å². The number of aromatic nitrogens is 1. The molecule has 7 nitrogen and oxygen atoms in total. The van der Waals surface area contributed by atoms with Crippen molar-refractivity contribution in [2.45, 2.75) is 26.5 Å². The van der Waals surface area contributed by atoms with Crippen molar-refractivity contribution in [1.29, 1.82) is 0 Å². The normalized spacial score (nSPS) is 14.5. The zero-order valence-corrected chi connectivity index (χ0v) is 27.1. The SMILES string of the molecule is CCOc1ccc([C@@H]2C(C(=O)Nc3ccccc3)=C(C)N=c3s/c(=C\c4ccc(OCc5ccc(Br)cc5)cc4)c(=O)n32)cc1. The molecule has 2 heterocycles. The zero-order valence-electron chi connectivity index (χ0n) is 24.7. The lowest BCUT2D eigenvalue weighted by Gasteiger charge is -2.25. The number of nitrogens with one attached hydrogen (secondary N) is 1. The molecular weight excluding hydrogens is 650 g/mol. The first-order chi connectivity index (χ1) is 21.9. The lowest BCUT2D eigenvalue weighted by Crippen LogP contribution is -2.40. The van der Waals surface area contributed by atoms with E-state index in [1.54, 1.807) is 4.57 Å². The number of hydrogen-bond donors (Lipinski definition) is 1. The van der Waals surface area contributed by atoms with E-state index in [0.717, 1.165) is 26.9 Å². The number of amides is 1. The van der Waals surface area contributed by atoms with Gasteiger partial charge in [-0.2, -0.15) is 0 Å². The number of halogens is 1. The van der Waals surface area contributed by atoms with Crippen molar-refractivity contribution >= 4 is 44.9 Å². The van der Waals surface area contributed by atoms with Crippen LogP contribution in [0.3, 0.4) is 0 Å². The van der Waals surface area contributed by atoms with E-state index in [9.17, 15) is 9.59 Å². The third kappa shape index (κ3) is 6.84. The standard InChI is InChI=1S/C36H30BrN3O4S/c1-3-43-29-19-13-26(14-20-29)33-32(34(41)39-28-7-5-4-6-8-28)23(2)38-36-40(33)35(42)31(45-36)21-24-11-17-30(18-12-24)44-22-25-9-15-27(37)16-10-25/h4-21,33H,3,22H2,1-2H3,(H,39,41)/b31-21-/t33-/m1/s1. The van der Waals surface area contributed by atoms with Gasteiger partial charge in [-0.25, -0.2) is 4.99 Å². The Kier molecular flexibility index (Phi) is 9.09. The van der Waals surface area contributed by atoms with Gasteiger partial charge in [0.25, 0.3) is 11.5 Å². The Balaban J connectivity index is 1.34. The number of para-hydroxylation sites is 1. The Morgan fingerprint density at radius 2 is 1.60 bits per heavy atom. The maximum Gasteiger partial charge on any atom is 0.271 e. The number of hydrogen-bond acceptors (Lipinski definition) is 6. The number of anilines is 1. The second-order valence-electron chi connectivity index (χ2n) is 10.4. The number of fused-ring (bicyclic) bond motifs is 1. The van der Waals surface area contributed by atoms with Gasteiger partial charge in [-0.1, -0.05) is 81.9 Å². The highest BCUT2D eigenvalue weighted by Crippen LogP contribution is 2.32. The summed E-state index contributed by atoms with van der Waals surface area (Å²) >= 11 is 4.75. The Morgan fingerprint density at radius 3 is 2.29 bits per heavy atom. The highest BCUT2D eigenvalue weighted by atomic mass is 79.9. The molecule has 1 aromatic heterocycles. The third-order valence-corrected chi connectivity index (χ3v) is 8.81. The van der Waals surface area contributed by atoms with Crippen LogP contribution in [-0.4, -0.2) is 17.1 Å². The summed E-state index contributed by atoms with van der Waals surface area (Å²) in [7, 11) is 0. The van der Waals surface area contributed by atoms with Crippen LogP contribution in [0.15, 0.2) is 129 Å². The minimum atomic E-state index is -0.669. The molecule has 0 aliphatic carbocycles. The van der Waals surface area contributed by atoms with Crippen LogP contribution in [0.25, 0.3) is 6.08 Å². The maximum atomic E-state index is 14.0. The molecule has 0 fully saturated rings. The van der Waals surface area contributed by atoms with Crippen LogP contribution >= 0.6 is 27.3 Å². The minimum Gasteiger partial charge on any atom is -0.494 e. The molecule has 226 valence electrons. The summed E-state index contributed by atoms with van der Waals surface area (Å²) < 4.78 is 14.7. The van der Waals surface area contributed by atoms with Gasteiger partial charge >= 0.3 is 0 Å². The van der Waals surface area contributed by atoms with E-state index >= 15 is 0 Å². The van der Waals surface area contributed by atoms with Gasteiger partial charge < -0.3 is 14.8 Å². The molecule has 9 heteroatoms. The van der Waals surface area contributed by atoms with E-state index in [1.165, 1.54) is 11.3 Å². The Hall–Kier alpha value is -4.73. The third-order valence-electron chi connectivity index (χ3n) is 7.30. The lowest BCUT2D eigenvalue weighted by molar-refractivity contribution is -0.113. The van der Waals surface area contributed by atoms with Gasteiger partial charge in [-0.15, -0.1) is 0 Å². The van der Waals surface area contributed by atoms with Crippen LogP contribution in [0.5, 0.6) is 11.5 Å². The fraction of sp³-hybridized carbons (Fsp3) is 0.139. The van der Waals surface area contributed by atoms with E-state index in [1.807, 2.05) is 123 Å². The predicted octanol–water partition coefficient (Wildman–Crippen LogP) is 6.61. The van der Waals surface area contributed by atoms with Gasteiger partial charge in [0, 0.05) is 10.2 Å². The maximum absolute atomic E-state index is 14.0. The molecule has 0 unspecified atom stereocenters. The second kappa shape index (κ2) is 13.5. The summed E-state index contributed by atoms with van der Waals surface area (Å²) in [6.45, 7) is 4.73. The second-order valence-corrected chi connectivity index (χ2v) is 12.3. The first kappa shape index (κ1) is 30.3. The number of ether oxygens (including phenoxy) is 2. The van der Waals surface area contributed by atoms with Crippen molar-refractivity contribution < 1.29 is 14.3 Å². The molecule has 1 atom stereocenters. The number of carbonyl (C=O) groups excluding carboxylic acids is 1. The van der Waals surface area contributed by atoms with Gasteiger partial charge in [0.1, 0.15) is 18.1 Å². The smallest absolute Gasteiger partial charge is 0.271 e. The molecular formula is C36H30BrN3O4S. The summed E-state index contributed by atoms with van der Waals surface area (Å²) in [6.07, 6.45) is 1.85. The molecule has 0 bridgehead atoms. The average Bonchev–Trinajstić information content (AvgIpc) is 3.35. The van der Waals surface area contributed by atoms with Crippen LogP contribution in [0.1, 0.15) is 36.6 Å². The molecule has 0 radical (unpaired) electrons. The fourth-order valence-electron chi connectivity index (χ4n) is 5.12. The minimum absolute atomic E-state index is 0.217. The molecule has 1 N–H and O–H groups in total. The highest BCUT2D eigenvalue weighted by molar-refractivity contribution is 9.10. The predicted molar refractivity (Wildman–Crippen MR) is 181 cm³/mol. The monoisotopic (exact) mass is 679 g/mol. The number of thiazole rings is 1. The molecule has 4 aromatic carbocycles. The van der Waals surface area contributed by atoms with Crippen LogP contribution in [0, 0.1) is 0 Å². The molecule has 0 saturated carbocycles. The van der Waals surface area contributed by atoms with Crippen molar-refractivity contribution in [1.82, 2.24) is 4.57 Å². The largest absolute Gasteiger partial charge is 0.494 e. The highest BCUT2D eigenvalue weighted by Gasteiger charge is 2.32. The molecule has 1 amide bonds. The van der Waals surface area contributed by atoms with Crippen molar-refractivity contribution in [2.75, 3.05) is 11.9 Å². The Morgan fingerprint density at radius 1 is 0.933 bits per heavy atom.